The summed E-state index contributed by atoms with van der Waals surface area (Å²) in [4.78, 5) is 34.2. The molecule has 27 heavy (non-hydrogen) atoms. The van der Waals surface area contributed by atoms with Gasteiger partial charge in [-0.15, -0.1) is 0 Å². The fourth-order valence-corrected chi connectivity index (χ4v) is 3.44. The molecule has 1 N–H and O–H groups in total. The number of nitro groups is 1. The first kappa shape index (κ1) is 18.5. The Morgan fingerprint density at radius 2 is 1.89 bits per heavy atom. The summed E-state index contributed by atoms with van der Waals surface area (Å²) in [5.41, 5.74) is 0.960. The Kier molecular flexibility index (Phi) is 5.46. The van der Waals surface area contributed by atoms with E-state index in [4.69, 9.17) is 4.74 Å². The predicted octanol–water partition coefficient (Wildman–Crippen LogP) is 3.84. The topological polar surface area (TPSA) is 98.5 Å². The molecule has 1 amide bonds. The van der Waals surface area contributed by atoms with Crippen LogP contribution in [0.15, 0.2) is 54.6 Å². The van der Waals surface area contributed by atoms with Crippen LogP contribution in [0.4, 0.5) is 5.00 Å². The molecule has 0 bridgehead atoms. The summed E-state index contributed by atoms with van der Waals surface area (Å²) in [7, 11) is 0. The van der Waals surface area contributed by atoms with E-state index in [0.717, 1.165) is 16.3 Å². The van der Waals surface area contributed by atoms with Crippen molar-refractivity contribution in [1.29, 1.82) is 0 Å². The second-order valence-electron chi connectivity index (χ2n) is 5.83. The standard InChI is InChI=1S/C19H16N2O5S/c1-12(14-8-4-6-13-5-2-3-7-15(13)14)20-17(22)11-26-19(23)16-9-10-18(27-16)21(24)25/h2-10,12H,11H2,1H3,(H,20,22)/t12-/m0/s1. The van der Waals surface area contributed by atoms with Gasteiger partial charge in [0, 0.05) is 6.07 Å². The summed E-state index contributed by atoms with van der Waals surface area (Å²) < 4.78 is 4.94. The highest BCUT2D eigenvalue weighted by Gasteiger charge is 2.18. The Hall–Kier alpha value is -3.26. The van der Waals surface area contributed by atoms with Gasteiger partial charge in [-0.3, -0.25) is 14.9 Å². The van der Waals surface area contributed by atoms with Gasteiger partial charge in [-0.2, -0.15) is 0 Å². The van der Waals surface area contributed by atoms with Gasteiger partial charge in [-0.25, -0.2) is 4.79 Å². The molecular formula is C19H16N2O5S. The van der Waals surface area contributed by atoms with Crippen molar-refractivity contribution in [2.45, 2.75) is 13.0 Å². The molecule has 3 aromatic rings. The number of esters is 1. The summed E-state index contributed by atoms with van der Waals surface area (Å²) in [5, 5.41) is 15.4. The van der Waals surface area contributed by atoms with E-state index < -0.39 is 23.4 Å². The average molecular weight is 384 g/mol. The molecule has 1 atom stereocenters. The van der Waals surface area contributed by atoms with Gasteiger partial charge >= 0.3 is 11.0 Å². The normalized spacial score (nSPS) is 11.7. The Balaban J connectivity index is 1.60. The lowest BCUT2D eigenvalue weighted by molar-refractivity contribution is -0.380. The van der Waals surface area contributed by atoms with Crippen molar-refractivity contribution in [3.05, 3.63) is 75.2 Å². The third kappa shape index (κ3) is 4.29. The summed E-state index contributed by atoms with van der Waals surface area (Å²) in [6.45, 7) is 1.39. The van der Waals surface area contributed by atoms with E-state index in [0.29, 0.717) is 11.3 Å². The minimum absolute atomic E-state index is 0.0802. The van der Waals surface area contributed by atoms with Crippen LogP contribution >= 0.6 is 11.3 Å². The van der Waals surface area contributed by atoms with Crippen LogP contribution in [0.5, 0.6) is 0 Å². The number of thiophene rings is 1. The Bertz CT molecular complexity index is 1010. The molecule has 0 saturated heterocycles. The van der Waals surface area contributed by atoms with Gasteiger partial charge in [0.05, 0.1) is 11.0 Å². The Morgan fingerprint density at radius 3 is 2.63 bits per heavy atom. The monoisotopic (exact) mass is 384 g/mol. The van der Waals surface area contributed by atoms with Crippen LogP contribution in [0.25, 0.3) is 10.8 Å². The van der Waals surface area contributed by atoms with Crippen molar-refractivity contribution in [1.82, 2.24) is 5.32 Å². The molecule has 0 aliphatic carbocycles. The summed E-state index contributed by atoms with van der Waals surface area (Å²) in [5.74, 6) is -1.21. The van der Waals surface area contributed by atoms with Gasteiger partial charge in [0.15, 0.2) is 6.61 Å². The van der Waals surface area contributed by atoms with E-state index in [1.54, 1.807) is 0 Å². The molecule has 0 unspecified atom stereocenters. The molecule has 1 aromatic heterocycles. The number of amides is 1. The largest absolute Gasteiger partial charge is 0.451 e. The second kappa shape index (κ2) is 7.96. The zero-order chi connectivity index (χ0) is 19.4. The van der Waals surface area contributed by atoms with Crippen molar-refractivity contribution in [3.63, 3.8) is 0 Å². The van der Waals surface area contributed by atoms with E-state index in [9.17, 15) is 19.7 Å². The molecule has 0 aliphatic rings. The minimum atomic E-state index is -0.763. The van der Waals surface area contributed by atoms with Crippen LogP contribution in [0.2, 0.25) is 0 Å². The smallest absolute Gasteiger partial charge is 0.349 e. The van der Waals surface area contributed by atoms with Crippen LogP contribution in [0, 0.1) is 10.1 Å². The van der Waals surface area contributed by atoms with Crippen LogP contribution < -0.4 is 5.32 Å². The number of nitrogens with zero attached hydrogens (tertiary/aromatic N) is 1. The zero-order valence-electron chi connectivity index (χ0n) is 14.4. The van der Waals surface area contributed by atoms with Crippen LogP contribution in [-0.4, -0.2) is 23.4 Å². The maximum atomic E-state index is 12.1. The molecule has 7 nitrogen and oxygen atoms in total. The maximum absolute atomic E-state index is 12.1. The number of nitrogens with one attached hydrogen (secondary N) is 1. The fourth-order valence-electron chi connectivity index (χ4n) is 2.73. The molecule has 0 radical (unpaired) electrons. The number of hydrogen-bond acceptors (Lipinski definition) is 6. The first-order valence-corrected chi connectivity index (χ1v) is 8.95. The average Bonchev–Trinajstić information content (AvgIpc) is 3.16. The van der Waals surface area contributed by atoms with Crippen molar-refractivity contribution >= 4 is 39.0 Å². The number of ether oxygens (including phenoxy) is 1. The van der Waals surface area contributed by atoms with Gasteiger partial charge in [0.1, 0.15) is 4.88 Å². The van der Waals surface area contributed by atoms with E-state index in [1.165, 1.54) is 12.1 Å². The molecule has 3 rings (SSSR count). The molecule has 2 aromatic carbocycles. The number of benzene rings is 2. The molecule has 0 fully saturated rings. The van der Waals surface area contributed by atoms with Gasteiger partial charge in [0.25, 0.3) is 5.91 Å². The van der Waals surface area contributed by atoms with Crippen LogP contribution in [0.1, 0.15) is 28.2 Å². The van der Waals surface area contributed by atoms with Gasteiger partial charge in [-0.1, -0.05) is 53.8 Å². The third-order valence-corrected chi connectivity index (χ3v) is 4.99. The van der Waals surface area contributed by atoms with Crippen LogP contribution in [0.3, 0.4) is 0 Å². The molecule has 138 valence electrons. The van der Waals surface area contributed by atoms with E-state index in [-0.39, 0.29) is 15.9 Å². The molecule has 1 heterocycles. The third-order valence-electron chi connectivity index (χ3n) is 3.97. The van der Waals surface area contributed by atoms with E-state index in [1.807, 2.05) is 49.4 Å². The Morgan fingerprint density at radius 1 is 1.15 bits per heavy atom. The van der Waals surface area contributed by atoms with Crippen molar-refractivity contribution in [3.8, 4) is 0 Å². The maximum Gasteiger partial charge on any atom is 0.349 e. The highest BCUT2D eigenvalue weighted by molar-refractivity contribution is 7.17. The summed E-state index contributed by atoms with van der Waals surface area (Å²) in [6.07, 6.45) is 0. The molecule has 8 heteroatoms. The molecule has 0 spiro atoms. The second-order valence-corrected chi connectivity index (χ2v) is 6.89. The molecule has 0 saturated carbocycles. The lowest BCUT2D eigenvalue weighted by Crippen LogP contribution is -2.31. The minimum Gasteiger partial charge on any atom is -0.451 e. The van der Waals surface area contributed by atoms with Gasteiger partial charge < -0.3 is 10.1 Å². The first-order chi connectivity index (χ1) is 13.0. The highest BCUT2D eigenvalue weighted by Crippen LogP contribution is 2.25. The number of rotatable bonds is 6. The molecular weight excluding hydrogens is 368 g/mol. The zero-order valence-corrected chi connectivity index (χ0v) is 15.2. The van der Waals surface area contributed by atoms with Crippen molar-refractivity contribution < 1.29 is 19.2 Å². The lowest BCUT2D eigenvalue weighted by Gasteiger charge is -2.16. The summed E-state index contributed by atoms with van der Waals surface area (Å²) in [6, 6.07) is 16.0. The lowest BCUT2D eigenvalue weighted by atomic mass is 10.00. The number of carbonyl (C=O) groups excluding carboxylic acids is 2. The highest BCUT2D eigenvalue weighted by atomic mass is 32.1. The quantitative estimate of drug-likeness (QED) is 0.395. The molecule has 0 aliphatic heterocycles. The first-order valence-electron chi connectivity index (χ1n) is 8.14. The number of fused-ring (bicyclic) bond motifs is 1. The van der Waals surface area contributed by atoms with E-state index in [2.05, 4.69) is 5.32 Å². The van der Waals surface area contributed by atoms with Crippen molar-refractivity contribution in [2.75, 3.05) is 6.61 Å². The SMILES string of the molecule is C[C@H](NC(=O)COC(=O)c1ccc([N+](=O)[O-])s1)c1cccc2ccccc12. The van der Waals surface area contributed by atoms with Crippen LogP contribution in [-0.2, 0) is 9.53 Å². The predicted molar refractivity (Wildman–Crippen MR) is 102 cm³/mol. The van der Waals surface area contributed by atoms with Gasteiger partial charge in [0.2, 0.25) is 0 Å². The fraction of sp³-hybridized carbons (Fsp3) is 0.158. The van der Waals surface area contributed by atoms with Crippen molar-refractivity contribution in [2.24, 2.45) is 0 Å². The number of hydrogen-bond donors (Lipinski definition) is 1. The summed E-state index contributed by atoms with van der Waals surface area (Å²) >= 11 is 0.708. The number of carbonyl (C=O) groups is 2. The van der Waals surface area contributed by atoms with Gasteiger partial charge in [-0.05, 0) is 29.3 Å². The Labute approximate surface area is 158 Å². The van der Waals surface area contributed by atoms with E-state index >= 15 is 0 Å².